The average molecular weight is 311 g/mol. The molecule has 96 valence electrons. The van der Waals surface area contributed by atoms with Crippen molar-refractivity contribution in [2.24, 2.45) is 12.8 Å². The highest BCUT2D eigenvalue weighted by atomic mass is 79.9. The molecule has 2 rings (SSSR count). The fraction of sp³-hybridized carbons (Fsp3) is 0.333. The quantitative estimate of drug-likeness (QED) is 0.912. The molecule has 0 radical (unpaired) electrons. The first-order chi connectivity index (χ1) is 8.70. The van der Waals surface area contributed by atoms with Crippen molar-refractivity contribution in [1.82, 2.24) is 14.8 Å². The number of rotatable bonds is 5. The summed E-state index contributed by atoms with van der Waals surface area (Å²) >= 11 is 3.49. The molecule has 0 amide bonds. The van der Waals surface area contributed by atoms with Crippen LogP contribution in [0.1, 0.15) is 11.4 Å². The van der Waals surface area contributed by atoms with Crippen molar-refractivity contribution < 1.29 is 4.74 Å². The summed E-state index contributed by atoms with van der Waals surface area (Å²) in [5.74, 6) is 1.58. The fourth-order valence-electron chi connectivity index (χ4n) is 1.58. The van der Waals surface area contributed by atoms with Gasteiger partial charge < -0.3 is 10.5 Å². The van der Waals surface area contributed by atoms with Gasteiger partial charge in [0.05, 0.1) is 4.47 Å². The molecule has 0 saturated carbocycles. The second-order valence-electron chi connectivity index (χ2n) is 3.89. The van der Waals surface area contributed by atoms with Gasteiger partial charge in [-0.2, -0.15) is 5.10 Å². The number of ether oxygens (including phenoxy) is 1. The summed E-state index contributed by atoms with van der Waals surface area (Å²) < 4.78 is 8.31. The van der Waals surface area contributed by atoms with Gasteiger partial charge in [-0.1, -0.05) is 6.07 Å². The van der Waals surface area contributed by atoms with Crippen LogP contribution in [0.4, 0.5) is 0 Å². The summed E-state index contributed by atoms with van der Waals surface area (Å²) in [4.78, 5) is 4.10. The van der Waals surface area contributed by atoms with Crippen molar-refractivity contribution in [2.45, 2.75) is 13.0 Å². The van der Waals surface area contributed by atoms with E-state index in [1.807, 2.05) is 25.2 Å². The van der Waals surface area contributed by atoms with E-state index in [-0.39, 0.29) is 0 Å². The number of nitrogens with two attached hydrogens (primary N) is 1. The van der Waals surface area contributed by atoms with Crippen LogP contribution >= 0.6 is 15.9 Å². The highest BCUT2D eigenvalue weighted by Gasteiger charge is 2.05. The fourth-order valence-corrected chi connectivity index (χ4v) is 2.12. The Balaban J connectivity index is 2.03. The zero-order chi connectivity index (χ0) is 13.0. The predicted molar refractivity (Wildman–Crippen MR) is 72.2 cm³/mol. The van der Waals surface area contributed by atoms with Crippen LogP contribution < -0.4 is 10.5 Å². The molecule has 0 atom stereocenters. The lowest BCUT2D eigenvalue weighted by Gasteiger charge is -2.09. The van der Waals surface area contributed by atoms with Gasteiger partial charge >= 0.3 is 0 Å². The Morgan fingerprint density at radius 1 is 1.44 bits per heavy atom. The summed E-state index contributed by atoms with van der Waals surface area (Å²) in [7, 11) is 1.84. The smallest absolute Gasteiger partial charge is 0.164 e. The van der Waals surface area contributed by atoms with Gasteiger partial charge in [-0.25, -0.2) is 4.98 Å². The molecule has 0 spiro atoms. The van der Waals surface area contributed by atoms with E-state index in [0.29, 0.717) is 13.2 Å². The van der Waals surface area contributed by atoms with Crippen molar-refractivity contribution in [1.29, 1.82) is 0 Å². The molecule has 18 heavy (non-hydrogen) atoms. The Morgan fingerprint density at radius 2 is 2.28 bits per heavy atom. The standard InChI is InChI=1S/C12H15BrN4O/c1-17-12(15-8-16-17)7-18-11-3-2-9(4-5-14)6-10(11)13/h2-3,6,8H,4-5,7,14H2,1H3. The molecule has 0 fully saturated rings. The first-order valence-electron chi connectivity index (χ1n) is 5.65. The van der Waals surface area contributed by atoms with Crippen molar-refractivity contribution >= 4 is 15.9 Å². The largest absolute Gasteiger partial charge is 0.484 e. The Labute approximate surface area is 114 Å². The lowest BCUT2D eigenvalue weighted by Crippen LogP contribution is -2.05. The summed E-state index contributed by atoms with van der Waals surface area (Å²) in [6.45, 7) is 1.04. The van der Waals surface area contributed by atoms with Gasteiger partial charge in [0.15, 0.2) is 5.82 Å². The lowest BCUT2D eigenvalue weighted by atomic mass is 10.1. The summed E-state index contributed by atoms with van der Waals surface area (Å²) in [5, 5.41) is 3.99. The van der Waals surface area contributed by atoms with E-state index in [1.165, 1.54) is 11.9 Å². The molecule has 1 aromatic heterocycles. The van der Waals surface area contributed by atoms with Gasteiger partial charge in [0.25, 0.3) is 0 Å². The van der Waals surface area contributed by atoms with E-state index in [1.54, 1.807) is 4.68 Å². The van der Waals surface area contributed by atoms with Crippen LogP contribution in [0.15, 0.2) is 29.0 Å². The van der Waals surface area contributed by atoms with E-state index in [4.69, 9.17) is 10.5 Å². The molecule has 2 aromatic rings. The average Bonchev–Trinajstić information content (AvgIpc) is 2.74. The molecular formula is C12H15BrN4O. The normalized spacial score (nSPS) is 10.6. The molecular weight excluding hydrogens is 296 g/mol. The minimum absolute atomic E-state index is 0.394. The van der Waals surface area contributed by atoms with Crippen LogP contribution in [0.2, 0.25) is 0 Å². The van der Waals surface area contributed by atoms with Crippen LogP contribution in [0.3, 0.4) is 0 Å². The summed E-state index contributed by atoms with van der Waals surface area (Å²) in [6, 6.07) is 5.98. The maximum atomic E-state index is 5.69. The van der Waals surface area contributed by atoms with E-state index in [9.17, 15) is 0 Å². The molecule has 5 nitrogen and oxygen atoms in total. The first kappa shape index (κ1) is 13.0. The Hall–Kier alpha value is -1.40. The predicted octanol–water partition coefficient (Wildman–Crippen LogP) is 1.66. The van der Waals surface area contributed by atoms with Crippen LogP contribution in [-0.4, -0.2) is 21.3 Å². The monoisotopic (exact) mass is 310 g/mol. The van der Waals surface area contributed by atoms with Crippen molar-refractivity contribution in [3.63, 3.8) is 0 Å². The molecule has 1 aromatic carbocycles. The number of hydrogen-bond donors (Lipinski definition) is 1. The molecule has 0 aliphatic rings. The third kappa shape index (κ3) is 3.08. The molecule has 1 heterocycles. The van der Waals surface area contributed by atoms with Crippen LogP contribution in [0.25, 0.3) is 0 Å². The molecule has 6 heteroatoms. The third-order valence-corrected chi connectivity index (χ3v) is 3.21. The highest BCUT2D eigenvalue weighted by Crippen LogP contribution is 2.26. The summed E-state index contributed by atoms with van der Waals surface area (Å²) in [6.07, 6.45) is 2.38. The maximum Gasteiger partial charge on any atom is 0.164 e. The second-order valence-corrected chi connectivity index (χ2v) is 4.75. The van der Waals surface area contributed by atoms with Gasteiger partial charge in [-0.05, 0) is 46.6 Å². The zero-order valence-corrected chi connectivity index (χ0v) is 11.7. The number of benzene rings is 1. The minimum Gasteiger partial charge on any atom is -0.484 e. The van der Waals surface area contributed by atoms with E-state index >= 15 is 0 Å². The number of hydrogen-bond acceptors (Lipinski definition) is 4. The minimum atomic E-state index is 0.394. The van der Waals surface area contributed by atoms with Gasteiger partial charge in [-0.3, -0.25) is 4.68 Å². The Morgan fingerprint density at radius 3 is 2.89 bits per heavy atom. The molecule has 0 unspecified atom stereocenters. The van der Waals surface area contributed by atoms with Crippen molar-refractivity contribution in [3.8, 4) is 5.75 Å². The highest BCUT2D eigenvalue weighted by molar-refractivity contribution is 9.10. The van der Waals surface area contributed by atoms with Crippen LogP contribution in [0.5, 0.6) is 5.75 Å². The molecule has 0 aliphatic carbocycles. The zero-order valence-electron chi connectivity index (χ0n) is 10.1. The van der Waals surface area contributed by atoms with Crippen LogP contribution in [-0.2, 0) is 20.1 Å². The lowest BCUT2D eigenvalue weighted by molar-refractivity contribution is 0.288. The first-order valence-corrected chi connectivity index (χ1v) is 6.44. The molecule has 0 aliphatic heterocycles. The Kier molecular flexibility index (Phi) is 4.33. The number of aryl methyl sites for hydroxylation is 1. The van der Waals surface area contributed by atoms with Gasteiger partial charge in [0.2, 0.25) is 0 Å². The number of aromatic nitrogens is 3. The van der Waals surface area contributed by atoms with Gasteiger partial charge in [0, 0.05) is 7.05 Å². The molecule has 0 bridgehead atoms. The van der Waals surface area contributed by atoms with Crippen molar-refractivity contribution in [2.75, 3.05) is 6.54 Å². The van der Waals surface area contributed by atoms with Crippen LogP contribution in [0, 0.1) is 0 Å². The molecule has 2 N–H and O–H groups in total. The van der Waals surface area contributed by atoms with E-state index in [0.717, 1.165) is 22.5 Å². The summed E-state index contributed by atoms with van der Waals surface area (Å²) in [5.41, 5.74) is 6.71. The van der Waals surface area contributed by atoms with Gasteiger partial charge in [-0.15, -0.1) is 0 Å². The van der Waals surface area contributed by atoms with E-state index < -0.39 is 0 Å². The maximum absolute atomic E-state index is 5.69. The second kappa shape index (κ2) is 5.97. The van der Waals surface area contributed by atoms with Gasteiger partial charge in [0.1, 0.15) is 18.7 Å². The number of halogens is 1. The SMILES string of the molecule is Cn1ncnc1COc1ccc(CCN)cc1Br. The topological polar surface area (TPSA) is 66.0 Å². The molecule has 0 saturated heterocycles. The van der Waals surface area contributed by atoms with E-state index in [2.05, 4.69) is 26.0 Å². The van der Waals surface area contributed by atoms with Crippen molar-refractivity contribution in [3.05, 3.63) is 40.4 Å². The number of nitrogens with zero attached hydrogens (tertiary/aromatic N) is 3. The Bertz CT molecular complexity index is 527. The third-order valence-electron chi connectivity index (χ3n) is 2.59.